The number of rotatable bonds is 6. The van der Waals surface area contributed by atoms with Crippen molar-refractivity contribution in [2.45, 2.75) is 11.5 Å². The van der Waals surface area contributed by atoms with Crippen LogP contribution in [0.25, 0.3) is 0 Å². The number of carbonyl (C=O) groups is 1. The number of amides is 1. The number of para-hydroxylation sites is 1. The predicted molar refractivity (Wildman–Crippen MR) is 108 cm³/mol. The van der Waals surface area contributed by atoms with Gasteiger partial charge in [0, 0.05) is 10.7 Å². The van der Waals surface area contributed by atoms with Crippen LogP contribution in [0.4, 0.5) is 5.69 Å². The Balaban J connectivity index is 1.72. The zero-order valence-electron chi connectivity index (χ0n) is 14.6. The highest BCUT2D eigenvalue weighted by molar-refractivity contribution is 7.89. The van der Waals surface area contributed by atoms with E-state index in [4.69, 9.17) is 21.5 Å². The zero-order valence-corrected chi connectivity index (χ0v) is 16.2. The first-order chi connectivity index (χ1) is 13.3. The molecule has 1 amide bonds. The molecule has 0 fully saturated rings. The van der Waals surface area contributed by atoms with E-state index in [1.165, 1.54) is 24.3 Å². The van der Waals surface area contributed by atoms with Gasteiger partial charge in [-0.3, -0.25) is 4.79 Å². The molecule has 3 N–H and O–H groups in total. The van der Waals surface area contributed by atoms with Crippen molar-refractivity contribution in [3.05, 3.63) is 88.9 Å². The van der Waals surface area contributed by atoms with Crippen LogP contribution < -0.4 is 15.2 Å². The van der Waals surface area contributed by atoms with E-state index in [0.29, 0.717) is 22.0 Å². The molecule has 0 unspecified atom stereocenters. The minimum absolute atomic E-state index is 0.0304. The van der Waals surface area contributed by atoms with Gasteiger partial charge in [0.2, 0.25) is 10.0 Å². The molecule has 0 saturated carbocycles. The lowest BCUT2D eigenvalue weighted by molar-refractivity contribution is 0.102. The van der Waals surface area contributed by atoms with E-state index in [-0.39, 0.29) is 17.4 Å². The molecule has 0 heterocycles. The maximum Gasteiger partial charge on any atom is 0.259 e. The van der Waals surface area contributed by atoms with E-state index in [1.807, 2.05) is 12.1 Å². The topological polar surface area (TPSA) is 98.5 Å². The minimum Gasteiger partial charge on any atom is -0.488 e. The Bertz CT molecular complexity index is 1080. The van der Waals surface area contributed by atoms with E-state index in [2.05, 4.69) is 5.32 Å². The monoisotopic (exact) mass is 416 g/mol. The van der Waals surface area contributed by atoms with E-state index >= 15 is 0 Å². The summed E-state index contributed by atoms with van der Waals surface area (Å²) in [5, 5.41) is 8.42. The van der Waals surface area contributed by atoms with Gasteiger partial charge >= 0.3 is 0 Å². The molecule has 28 heavy (non-hydrogen) atoms. The number of primary sulfonamides is 1. The standard InChI is InChI=1S/C20H17ClN2O4S/c21-15-7-5-14(6-8-15)13-27-19-4-2-1-3-18(19)20(24)23-16-9-11-17(12-10-16)28(22,25)26/h1-12H,13H2,(H,23,24)(H2,22,25,26). The van der Waals surface area contributed by atoms with Gasteiger partial charge < -0.3 is 10.1 Å². The molecule has 3 rings (SSSR count). The number of hydrogen-bond acceptors (Lipinski definition) is 4. The molecule has 0 bridgehead atoms. The van der Waals surface area contributed by atoms with Gasteiger partial charge in [0.1, 0.15) is 12.4 Å². The summed E-state index contributed by atoms with van der Waals surface area (Å²) in [5.74, 6) is 0.0474. The first-order valence-corrected chi connectivity index (χ1v) is 10.2. The molecule has 0 aromatic heterocycles. The van der Waals surface area contributed by atoms with Crippen LogP contribution in [0.1, 0.15) is 15.9 Å². The molecular weight excluding hydrogens is 400 g/mol. The number of nitrogens with one attached hydrogen (secondary N) is 1. The zero-order chi connectivity index (χ0) is 20.1. The summed E-state index contributed by atoms with van der Waals surface area (Å²) >= 11 is 5.87. The second-order valence-electron chi connectivity index (χ2n) is 5.93. The molecule has 0 spiro atoms. The number of nitrogens with two attached hydrogens (primary N) is 1. The molecule has 3 aromatic carbocycles. The van der Waals surface area contributed by atoms with E-state index < -0.39 is 10.0 Å². The van der Waals surface area contributed by atoms with Gasteiger partial charge in [0.25, 0.3) is 5.91 Å². The molecule has 8 heteroatoms. The van der Waals surface area contributed by atoms with E-state index in [1.54, 1.807) is 36.4 Å². The van der Waals surface area contributed by atoms with Gasteiger partial charge in [-0.05, 0) is 54.1 Å². The first kappa shape index (κ1) is 19.9. The summed E-state index contributed by atoms with van der Waals surface area (Å²) in [6.07, 6.45) is 0. The van der Waals surface area contributed by atoms with Crippen molar-refractivity contribution >= 4 is 33.2 Å². The highest BCUT2D eigenvalue weighted by atomic mass is 35.5. The molecule has 0 atom stereocenters. The van der Waals surface area contributed by atoms with Crippen molar-refractivity contribution in [2.75, 3.05) is 5.32 Å². The van der Waals surface area contributed by atoms with Crippen LogP contribution >= 0.6 is 11.6 Å². The van der Waals surface area contributed by atoms with E-state index in [9.17, 15) is 13.2 Å². The van der Waals surface area contributed by atoms with Gasteiger partial charge in [-0.1, -0.05) is 35.9 Å². The van der Waals surface area contributed by atoms with Crippen LogP contribution in [-0.2, 0) is 16.6 Å². The number of carbonyl (C=O) groups excluding carboxylic acids is 1. The van der Waals surface area contributed by atoms with Crippen LogP contribution in [-0.4, -0.2) is 14.3 Å². The summed E-state index contributed by atoms with van der Waals surface area (Å²) in [4.78, 5) is 12.6. The Morgan fingerprint density at radius 2 is 1.61 bits per heavy atom. The van der Waals surface area contributed by atoms with Crippen LogP contribution in [0.5, 0.6) is 5.75 Å². The van der Waals surface area contributed by atoms with Crippen molar-refractivity contribution in [1.29, 1.82) is 0 Å². The van der Waals surface area contributed by atoms with Crippen LogP contribution in [0.3, 0.4) is 0 Å². The fourth-order valence-corrected chi connectivity index (χ4v) is 3.09. The average molecular weight is 417 g/mol. The molecule has 3 aromatic rings. The summed E-state index contributed by atoms with van der Waals surface area (Å²) < 4.78 is 28.4. The summed E-state index contributed by atoms with van der Waals surface area (Å²) in [6, 6.07) is 19.7. The summed E-state index contributed by atoms with van der Waals surface area (Å²) in [6.45, 7) is 0.282. The number of benzene rings is 3. The van der Waals surface area contributed by atoms with Crippen molar-refractivity contribution in [3.8, 4) is 5.75 Å². The van der Waals surface area contributed by atoms with E-state index in [0.717, 1.165) is 5.56 Å². The second kappa shape index (κ2) is 8.43. The summed E-state index contributed by atoms with van der Waals surface area (Å²) in [5.41, 5.74) is 1.70. The molecule has 144 valence electrons. The number of ether oxygens (including phenoxy) is 1. The summed E-state index contributed by atoms with van der Waals surface area (Å²) in [7, 11) is -3.78. The van der Waals surface area contributed by atoms with Gasteiger partial charge in [-0.2, -0.15) is 0 Å². The maximum atomic E-state index is 12.6. The number of halogens is 1. The quantitative estimate of drug-likeness (QED) is 0.638. The third kappa shape index (κ3) is 5.10. The van der Waals surface area contributed by atoms with Gasteiger partial charge in [0.15, 0.2) is 0 Å². The third-order valence-electron chi connectivity index (χ3n) is 3.88. The smallest absolute Gasteiger partial charge is 0.259 e. The third-order valence-corrected chi connectivity index (χ3v) is 5.06. The van der Waals surface area contributed by atoms with Crippen molar-refractivity contribution in [1.82, 2.24) is 0 Å². The minimum atomic E-state index is -3.78. The van der Waals surface area contributed by atoms with Crippen molar-refractivity contribution < 1.29 is 17.9 Å². The average Bonchev–Trinajstić information content (AvgIpc) is 2.67. The second-order valence-corrected chi connectivity index (χ2v) is 7.93. The van der Waals surface area contributed by atoms with Crippen LogP contribution in [0.15, 0.2) is 77.7 Å². The lowest BCUT2D eigenvalue weighted by atomic mass is 10.1. The number of anilines is 1. The highest BCUT2D eigenvalue weighted by Crippen LogP contribution is 2.22. The SMILES string of the molecule is NS(=O)(=O)c1ccc(NC(=O)c2ccccc2OCc2ccc(Cl)cc2)cc1. The molecule has 0 aliphatic carbocycles. The number of hydrogen-bond donors (Lipinski definition) is 2. The van der Waals surface area contributed by atoms with Gasteiger partial charge in [0.05, 0.1) is 10.5 Å². The highest BCUT2D eigenvalue weighted by Gasteiger charge is 2.13. The maximum absolute atomic E-state index is 12.6. The molecule has 0 aliphatic heterocycles. The fraction of sp³-hybridized carbons (Fsp3) is 0.0500. The fourth-order valence-electron chi connectivity index (χ4n) is 2.45. The molecular formula is C20H17ClN2O4S. The molecule has 0 saturated heterocycles. The van der Waals surface area contributed by atoms with Crippen molar-refractivity contribution in [2.24, 2.45) is 5.14 Å². The van der Waals surface area contributed by atoms with Gasteiger partial charge in [-0.25, -0.2) is 13.6 Å². The molecule has 6 nitrogen and oxygen atoms in total. The Morgan fingerprint density at radius 3 is 2.25 bits per heavy atom. The largest absolute Gasteiger partial charge is 0.488 e. The van der Waals surface area contributed by atoms with Crippen molar-refractivity contribution in [3.63, 3.8) is 0 Å². The molecule has 0 radical (unpaired) electrons. The van der Waals surface area contributed by atoms with Crippen LogP contribution in [0, 0.1) is 0 Å². The lowest BCUT2D eigenvalue weighted by Gasteiger charge is -2.12. The Hall–Kier alpha value is -2.87. The Morgan fingerprint density at radius 1 is 0.964 bits per heavy atom. The van der Waals surface area contributed by atoms with Gasteiger partial charge in [-0.15, -0.1) is 0 Å². The Kier molecular flexibility index (Phi) is 5.99. The molecule has 0 aliphatic rings. The predicted octanol–water partition coefficient (Wildman–Crippen LogP) is 3.82. The number of sulfonamides is 1. The lowest BCUT2D eigenvalue weighted by Crippen LogP contribution is -2.14. The first-order valence-electron chi connectivity index (χ1n) is 8.23. The Labute approximate surface area is 168 Å². The van der Waals surface area contributed by atoms with Crippen LogP contribution in [0.2, 0.25) is 5.02 Å². The normalized spacial score (nSPS) is 11.1.